The molecule has 1 aliphatic carbocycles. The smallest absolute Gasteiger partial charge is 0.416 e. The van der Waals surface area contributed by atoms with E-state index in [1.54, 1.807) is 24.1 Å². The van der Waals surface area contributed by atoms with Crippen LogP contribution in [0.1, 0.15) is 85.5 Å². The molecule has 2 atom stereocenters. The van der Waals surface area contributed by atoms with Gasteiger partial charge in [-0.25, -0.2) is 0 Å². The van der Waals surface area contributed by atoms with Crippen LogP contribution in [0.15, 0.2) is 30.3 Å². The zero-order chi connectivity index (χ0) is 29.9. The molecule has 1 aliphatic heterocycles. The predicted octanol–water partition coefficient (Wildman–Crippen LogP) is 6.08. The van der Waals surface area contributed by atoms with Gasteiger partial charge in [-0.15, -0.1) is 0 Å². The van der Waals surface area contributed by atoms with Gasteiger partial charge in [-0.2, -0.15) is 13.2 Å². The zero-order valence-electron chi connectivity index (χ0n) is 24.4. The second-order valence-electron chi connectivity index (χ2n) is 11.8. The second-order valence-corrected chi connectivity index (χ2v) is 11.8. The van der Waals surface area contributed by atoms with Crippen LogP contribution in [0.4, 0.5) is 18.9 Å². The van der Waals surface area contributed by atoms with Gasteiger partial charge in [0.05, 0.1) is 31.2 Å². The molecule has 0 unspecified atom stereocenters. The molecule has 10 heteroatoms. The first-order valence-corrected chi connectivity index (χ1v) is 14.4. The van der Waals surface area contributed by atoms with E-state index in [4.69, 9.17) is 15.9 Å². The molecule has 224 valence electrons. The number of rotatable bonds is 13. The molecule has 1 amide bonds. The SMILES string of the molecule is CCOc1cc(C[C@H](C)CC[C@@H](N)N(C)C=N)cc(N2Cc3c(cc(CNC4(C)CCC4)cc3C(F)(F)F)C2=O)c1. The highest BCUT2D eigenvalue weighted by Gasteiger charge is 2.41. The van der Waals surface area contributed by atoms with E-state index >= 15 is 0 Å². The minimum atomic E-state index is -4.57. The maximum absolute atomic E-state index is 14.2. The average Bonchev–Trinajstić information content (AvgIpc) is 3.24. The number of fused-ring (bicyclic) bond motifs is 1. The van der Waals surface area contributed by atoms with Crippen molar-refractivity contribution in [3.05, 3.63) is 58.1 Å². The highest BCUT2D eigenvalue weighted by Crippen LogP contribution is 2.41. The Bertz CT molecular complexity index is 1260. The molecular formula is C31H42F3N5O2. The molecule has 1 saturated carbocycles. The summed E-state index contributed by atoms with van der Waals surface area (Å²) in [4.78, 5) is 16.7. The van der Waals surface area contributed by atoms with Crippen LogP contribution in [0, 0.1) is 11.3 Å². The number of amides is 1. The number of nitrogens with two attached hydrogens (primary N) is 1. The van der Waals surface area contributed by atoms with E-state index in [0.29, 0.717) is 36.4 Å². The molecule has 0 radical (unpaired) electrons. The maximum atomic E-state index is 14.2. The highest BCUT2D eigenvalue weighted by molar-refractivity contribution is 6.10. The first-order valence-electron chi connectivity index (χ1n) is 14.4. The fourth-order valence-electron chi connectivity index (χ4n) is 5.66. The normalized spacial score (nSPS) is 17.6. The molecule has 0 bridgehead atoms. The van der Waals surface area contributed by atoms with Crippen molar-refractivity contribution < 1.29 is 22.7 Å². The quantitative estimate of drug-likeness (QED) is 0.153. The van der Waals surface area contributed by atoms with E-state index in [1.165, 1.54) is 17.3 Å². The third kappa shape index (κ3) is 7.22. The number of ether oxygens (including phenoxy) is 1. The summed E-state index contributed by atoms with van der Waals surface area (Å²) in [5.41, 5.74) is 7.36. The molecule has 2 aromatic carbocycles. The van der Waals surface area contributed by atoms with Gasteiger partial charge in [-0.05, 0) is 99.2 Å². The second kappa shape index (κ2) is 12.4. The standard InChI is InChI=1S/C31H42F3N5O2/c1-5-41-24-13-21(11-20(2)7-8-28(36)38(4)19-35)12-23(16-24)39-18-26-25(29(39)40)14-22(15-27(26)31(32,33)34)17-37-30(3)9-6-10-30/h12-16,19-20,28,35,37H,5-11,17-18,36H2,1-4H3/t20-,28+/m1/s1. The summed E-state index contributed by atoms with van der Waals surface area (Å²) < 4.78 is 48.4. The van der Waals surface area contributed by atoms with Gasteiger partial charge in [0, 0.05) is 36.4 Å². The lowest BCUT2D eigenvalue weighted by Crippen LogP contribution is -2.47. The van der Waals surface area contributed by atoms with Crippen LogP contribution in [0.2, 0.25) is 0 Å². The molecule has 0 spiro atoms. The number of nitrogens with one attached hydrogen (secondary N) is 2. The van der Waals surface area contributed by atoms with Crippen LogP contribution in [0.3, 0.4) is 0 Å². The molecular weight excluding hydrogens is 531 g/mol. The van der Waals surface area contributed by atoms with E-state index in [2.05, 4.69) is 19.2 Å². The third-order valence-electron chi connectivity index (χ3n) is 8.42. The number of benzene rings is 2. The van der Waals surface area contributed by atoms with Gasteiger partial charge in [0.1, 0.15) is 5.75 Å². The first-order chi connectivity index (χ1) is 19.3. The van der Waals surface area contributed by atoms with Gasteiger partial charge in [0.15, 0.2) is 0 Å². The molecule has 0 aromatic heterocycles. The molecule has 41 heavy (non-hydrogen) atoms. The summed E-state index contributed by atoms with van der Waals surface area (Å²) in [6, 6.07) is 8.33. The van der Waals surface area contributed by atoms with Gasteiger partial charge in [0.25, 0.3) is 5.91 Å². The number of hydrogen-bond donors (Lipinski definition) is 3. The van der Waals surface area contributed by atoms with E-state index < -0.39 is 17.6 Å². The number of anilines is 1. The summed E-state index contributed by atoms with van der Waals surface area (Å²) in [5, 5.41) is 10.7. The van der Waals surface area contributed by atoms with Gasteiger partial charge in [0.2, 0.25) is 0 Å². The van der Waals surface area contributed by atoms with Gasteiger partial charge in [-0.1, -0.05) is 6.92 Å². The van der Waals surface area contributed by atoms with Crippen molar-refractivity contribution in [3.63, 3.8) is 0 Å². The fraction of sp³-hybridized carbons (Fsp3) is 0.548. The Morgan fingerprint density at radius 1 is 1.20 bits per heavy atom. The van der Waals surface area contributed by atoms with Gasteiger partial charge < -0.3 is 25.6 Å². The van der Waals surface area contributed by atoms with Crippen LogP contribution in [-0.4, -0.2) is 42.5 Å². The predicted molar refractivity (Wildman–Crippen MR) is 155 cm³/mol. The molecule has 2 aliphatic rings. The Hall–Kier alpha value is -3.11. The van der Waals surface area contributed by atoms with Crippen LogP contribution in [-0.2, 0) is 25.7 Å². The lowest BCUT2D eigenvalue weighted by Gasteiger charge is -2.39. The summed E-state index contributed by atoms with van der Waals surface area (Å²) >= 11 is 0. The Balaban J connectivity index is 1.58. The Morgan fingerprint density at radius 3 is 2.54 bits per heavy atom. The third-order valence-corrected chi connectivity index (χ3v) is 8.42. The van der Waals surface area contributed by atoms with E-state index in [9.17, 15) is 18.0 Å². The van der Waals surface area contributed by atoms with Crippen LogP contribution in [0.25, 0.3) is 0 Å². The van der Waals surface area contributed by atoms with Crippen molar-refractivity contribution in [1.29, 1.82) is 5.41 Å². The monoisotopic (exact) mass is 573 g/mol. The molecule has 4 N–H and O–H groups in total. The van der Waals surface area contributed by atoms with Gasteiger partial charge in [-0.3, -0.25) is 10.2 Å². The summed E-state index contributed by atoms with van der Waals surface area (Å²) in [7, 11) is 1.77. The fourth-order valence-corrected chi connectivity index (χ4v) is 5.66. The van der Waals surface area contributed by atoms with Crippen molar-refractivity contribution in [3.8, 4) is 5.75 Å². The molecule has 2 aromatic rings. The topological polar surface area (TPSA) is 94.7 Å². The lowest BCUT2D eigenvalue weighted by atomic mass is 9.78. The lowest BCUT2D eigenvalue weighted by molar-refractivity contribution is -0.138. The van der Waals surface area contributed by atoms with Crippen molar-refractivity contribution >= 4 is 17.9 Å². The van der Waals surface area contributed by atoms with Gasteiger partial charge >= 0.3 is 6.18 Å². The van der Waals surface area contributed by atoms with Crippen LogP contribution < -0.4 is 20.7 Å². The molecule has 7 nitrogen and oxygen atoms in total. The maximum Gasteiger partial charge on any atom is 0.416 e. The van der Waals surface area contributed by atoms with E-state index in [0.717, 1.165) is 31.2 Å². The Kier molecular flexibility index (Phi) is 9.33. The van der Waals surface area contributed by atoms with E-state index in [-0.39, 0.29) is 41.8 Å². The molecule has 0 saturated heterocycles. The summed E-state index contributed by atoms with van der Waals surface area (Å²) in [6.45, 7) is 6.60. The van der Waals surface area contributed by atoms with Crippen molar-refractivity contribution in [2.75, 3.05) is 18.6 Å². The Labute approximate surface area is 240 Å². The van der Waals surface area contributed by atoms with Crippen LogP contribution >= 0.6 is 0 Å². The van der Waals surface area contributed by atoms with Crippen molar-refractivity contribution in [1.82, 2.24) is 10.2 Å². The summed E-state index contributed by atoms with van der Waals surface area (Å²) in [6.07, 6.45) is 1.68. The number of halogens is 3. The summed E-state index contributed by atoms with van der Waals surface area (Å²) in [5.74, 6) is 0.391. The molecule has 1 fully saturated rings. The number of carbonyl (C=O) groups excluding carboxylic acids is 1. The Morgan fingerprint density at radius 2 is 1.93 bits per heavy atom. The largest absolute Gasteiger partial charge is 0.494 e. The number of alkyl halides is 3. The average molecular weight is 574 g/mol. The zero-order valence-corrected chi connectivity index (χ0v) is 24.4. The number of carbonyl (C=O) groups is 1. The minimum absolute atomic E-state index is 0.0159. The van der Waals surface area contributed by atoms with Crippen LogP contribution in [0.5, 0.6) is 5.75 Å². The highest BCUT2D eigenvalue weighted by atomic mass is 19.4. The number of nitrogens with zero attached hydrogens (tertiary/aromatic N) is 2. The molecule has 1 heterocycles. The molecule has 4 rings (SSSR count). The van der Waals surface area contributed by atoms with Crippen molar-refractivity contribution in [2.24, 2.45) is 11.7 Å². The minimum Gasteiger partial charge on any atom is -0.494 e. The van der Waals surface area contributed by atoms with E-state index in [1.807, 2.05) is 19.1 Å². The number of hydrogen-bond acceptors (Lipinski definition) is 5. The van der Waals surface area contributed by atoms with Crippen molar-refractivity contribution in [2.45, 2.75) is 90.3 Å². The first kappa shape index (κ1) is 30.8.